The second-order valence-corrected chi connectivity index (χ2v) is 9.26. The summed E-state index contributed by atoms with van der Waals surface area (Å²) in [7, 11) is 0. The Morgan fingerprint density at radius 2 is 1.20 bits per heavy atom. The van der Waals surface area contributed by atoms with Crippen molar-refractivity contribution in [1.82, 2.24) is 14.7 Å². The quantitative estimate of drug-likeness (QED) is 0.768. The second kappa shape index (κ2) is 4.69. The molecule has 0 aromatic heterocycles. The van der Waals surface area contributed by atoms with E-state index in [0.717, 1.165) is 18.0 Å². The second-order valence-electron chi connectivity index (χ2n) is 9.26. The molecule has 3 fully saturated rings. The van der Waals surface area contributed by atoms with E-state index < -0.39 is 0 Å². The van der Waals surface area contributed by atoms with Gasteiger partial charge in [-0.2, -0.15) is 0 Å². The summed E-state index contributed by atoms with van der Waals surface area (Å²) in [6, 6.07) is 1.69. The molecule has 0 amide bonds. The summed E-state index contributed by atoms with van der Waals surface area (Å²) >= 11 is 0. The first kappa shape index (κ1) is 14.8. The fourth-order valence-corrected chi connectivity index (χ4v) is 4.06. The van der Waals surface area contributed by atoms with E-state index in [1.807, 2.05) is 0 Å². The molecule has 2 unspecified atom stereocenters. The predicted octanol–water partition coefficient (Wildman–Crippen LogP) is 2.27. The van der Waals surface area contributed by atoms with Gasteiger partial charge in [-0.15, -0.1) is 0 Å². The number of nitrogens with zero attached hydrogens (tertiary/aromatic N) is 3. The van der Waals surface area contributed by atoms with Crippen molar-refractivity contribution in [1.29, 1.82) is 0 Å². The molecule has 2 bridgehead atoms. The molecule has 0 aromatic rings. The van der Waals surface area contributed by atoms with Crippen LogP contribution in [0.5, 0.6) is 0 Å². The van der Waals surface area contributed by atoms with Crippen molar-refractivity contribution in [2.45, 2.75) is 71.1 Å². The van der Waals surface area contributed by atoms with E-state index >= 15 is 0 Å². The normalized spacial score (nSPS) is 33.9. The van der Waals surface area contributed by atoms with Crippen LogP contribution >= 0.6 is 0 Å². The lowest BCUT2D eigenvalue weighted by Gasteiger charge is -2.61. The zero-order valence-electron chi connectivity index (χ0n) is 14.3. The topological polar surface area (TPSA) is 9.72 Å². The molecule has 0 N–H and O–H groups in total. The smallest absolute Gasteiger partial charge is 0.0242 e. The summed E-state index contributed by atoms with van der Waals surface area (Å²) < 4.78 is 0. The largest absolute Gasteiger partial charge is 0.298 e. The van der Waals surface area contributed by atoms with Crippen LogP contribution in [0.25, 0.3) is 0 Å². The maximum Gasteiger partial charge on any atom is 0.0242 e. The molecule has 20 heavy (non-hydrogen) atoms. The lowest BCUT2D eigenvalue weighted by Crippen LogP contribution is -2.72. The molecule has 2 atom stereocenters. The first-order valence-corrected chi connectivity index (χ1v) is 8.40. The Balaban J connectivity index is 1.47. The standard InChI is InChI=1S/C17H33N3/c1-16(2,3)18-8-13(9-18)10-20-14-7-15(20)12-19(11-14)17(4,5)6/h13-15H,7-12H2,1-6H3. The van der Waals surface area contributed by atoms with Gasteiger partial charge in [0.05, 0.1) is 0 Å². The molecule has 0 spiro atoms. The van der Waals surface area contributed by atoms with Gasteiger partial charge in [0.1, 0.15) is 0 Å². The van der Waals surface area contributed by atoms with E-state index in [4.69, 9.17) is 0 Å². The summed E-state index contributed by atoms with van der Waals surface area (Å²) in [5.41, 5.74) is 0.715. The van der Waals surface area contributed by atoms with Gasteiger partial charge in [0, 0.05) is 55.9 Å². The van der Waals surface area contributed by atoms with Gasteiger partial charge in [-0.1, -0.05) is 0 Å². The highest BCUT2D eigenvalue weighted by molar-refractivity contribution is 5.04. The molecule has 0 radical (unpaired) electrons. The van der Waals surface area contributed by atoms with Gasteiger partial charge < -0.3 is 0 Å². The van der Waals surface area contributed by atoms with Crippen molar-refractivity contribution < 1.29 is 0 Å². The third-order valence-corrected chi connectivity index (χ3v) is 5.67. The van der Waals surface area contributed by atoms with Gasteiger partial charge in [-0.05, 0) is 53.9 Å². The number of piperazine rings is 1. The molecule has 3 heterocycles. The molecular formula is C17H33N3. The van der Waals surface area contributed by atoms with Crippen LogP contribution in [0.3, 0.4) is 0 Å². The Labute approximate surface area is 125 Å². The molecule has 3 heteroatoms. The summed E-state index contributed by atoms with van der Waals surface area (Å²) in [5, 5.41) is 0. The Kier molecular flexibility index (Phi) is 3.47. The number of hydrogen-bond donors (Lipinski definition) is 0. The molecule has 3 rings (SSSR count). The van der Waals surface area contributed by atoms with Crippen LogP contribution in [-0.4, -0.2) is 70.6 Å². The van der Waals surface area contributed by atoms with Gasteiger partial charge in [0.25, 0.3) is 0 Å². The molecule has 3 nitrogen and oxygen atoms in total. The van der Waals surface area contributed by atoms with Crippen molar-refractivity contribution in [2.75, 3.05) is 32.7 Å². The van der Waals surface area contributed by atoms with E-state index in [1.165, 1.54) is 39.1 Å². The van der Waals surface area contributed by atoms with Crippen LogP contribution in [0, 0.1) is 5.92 Å². The van der Waals surface area contributed by atoms with Crippen LogP contribution in [0.15, 0.2) is 0 Å². The minimum atomic E-state index is 0.350. The average molecular weight is 279 g/mol. The molecule has 0 aliphatic carbocycles. The third kappa shape index (κ3) is 2.65. The zero-order chi connectivity index (χ0) is 14.7. The van der Waals surface area contributed by atoms with E-state index in [1.54, 1.807) is 0 Å². The minimum Gasteiger partial charge on any atom is -0.298 e. The average Bonchev–Trinajstić information content (AvgIpc) is 2.23. The van der Waals surface area contributed by atoms with Gasteiger partial charge in [0.15, 0.2) is 0 Å². The van der Waals surface area contributed by atoms with Crippen molar-refractivity contribution in [3.05, 3.63) is 0 Å². The van der Waals surface area contributed by atoms with Gasteiger partial charge in [-0.25, -0.2) is 0 Å². The van der Waals surface area contributed by atoms with Crippen LogP contribution in [0.4, 0.5) is 0 Å². The van der Waals surface area contributed by atoms with E-state index in [-0.39, 0.29) is 0 Å². The molecule has 3 saturated heterocycles. The SMILES string of the molecule is CC(C)(C)N1CC(CN2C3CC2CN(C(C)(C)C)C3)C1. The van der Waals surface area contributed by atoms with E-state index in [0.29, 0.717) is 11.1 Å². The highest BCUT2D eigenvalue weighted by atomic mass is 15.4. The summed E-state index contributed by atoms with van der Waals surface area (Å²) in [6.07, 6.45) is 1.45. The molecule has 3 aliphatic rings. The number of piperidine rings is 1. The van der Waals surface area contributed by atoms with Crippen molar-refractivity contribution in [3.63, 3.8) is 0 Å². The first-order chi connectivity index (χ1) is 9.14. The Hall–Kier alpha value is -0.120. The molecule has 0 aromatic carbocycles. The Morgan fingerprint density at radius 1 is 0.750 bits per heavy atom. The van der Waals surface area contributed by atoms with Crippen LogP contribution in [-0.2, 0) is 0 Å². The van der Waals surface area contributed by atoms with Gasteiger partial charge in [0.2, 0.25) is 0 Å². The van der Waals surface area contributed by atoms with E-state index in [2.05, 4.69) is 56.2 Å². The van der Waals surface area contributed by atoms with Crippen LogP contribution in [0.1, 0.15) is 48.0 Å². The van der Waals surface area contributed by atoms with E-state index in [9.17, 15) is 0 Å². The van der Waals surface area contributed by atoms with Crippen molar-refractivity contribution in [2.24, 2.45) is 5.92 Å². The lowest BCUT2D eigenvalue weighted by atomic mass is 9.82. The Morgan fingerprint density at radius 3 is 1.65 bits per heavy atom. The number of hydrogen-bond acceptors (Lipinski definition) is 3. The van der Waals surface area contributed by atoms with Gasteiger partial charge in [-0.3, -0.25) is 14.7 Å². The first-order valence-electron chi connectivity index (χ1n) is 8.40. The maximum atomic E-state index is 2.81. The van der Waals surface area contributed by atoms with Gasteiger partial charge >= 0.3 is 0 Å². The fraction of sp³-hybridized carbons (Fsp3) is 1.00. The summed E-state index contributed by atoms with van der Waals surface area (Å²) in [5.74, 6) is 0.917. The van der Waals surface area contributed by atoms with Crippen molar-refractivity contribution in [3.8, 4) is 0 Å². The highest BCUT2D eigenvalue weighted by Gasteiger charge is 2.48. The van der Waals surface area contributed by atoms with Crippen LogP contribution in [0.2, 0.25) is 0 Å². The molecule has 116 valence electrons. The molecular weight excluding hydrogens is 246 g/mol. The number of likely N-dealkylation sites (tertiary alicyclic amines) is 3. The molecule has 3 aliphatic heterocycles. The number of rotatable bonds is 2. The lowest BCUT2D eigenvalue weighted by molar-refractivity contribution is -0.116. The summed E-state index contributed by atoms with van der Waals surface area (Å²) in [4.78, 5) is 8.12. The predicted molar refractivity (Wildman–Crippen MR) is 85.0 cm³/mol. The monoisotopic (exact) mass is 279 g/mol. The maximum absolute atomic E-state index is 2.81. The summed E-state index contributed by atoms with van der Waals surface area (Å²) in [6.45, 7) is 20.6. The fourth-order valence-electron chi connectivity index (χ4n) is 4.06. The number of fused-ring (bicyclic) bond motifs is 2. The highest BCUT2D eigenvalue weighted by Crippen LogP contribution is 2.37. The minimum absolute atomic E-state index is 0.350. The Bertz CT molecular complexity index is 347. The third-order valence-electron chi connectivity index (χ3n) is 5.67. The zero-order valence-corrected chi connectivity index (χ0v) is 14.3. The van der Waals surface area contributed by atoms with Crippen LogP contribution < -0.4 is 0 Å². The molecule has 0 saturated carbocycles. The van der Waals surface area contributed by atoms with Crippen molar-refractivity contribution >= 4 is 0 Å².